The maximum Gasteiger partial charge on any atom is 0.514 e. The van der Waals surface area contributed by atoms with Gasteiger partial charge in [-0.15, -0.1) is 0 Å². The highest BCUT2D eigenvalue weighted by atomic mass is 16.7. The average Bonchev–Trinajstić information content (AvgIpc) is 3.44. The molecular formula is C33H41N3O6. The molecule has 9 heteroatoms. The molecule has 42 heavy (non-hydrogen) atoms. The van der Waals surface area contributed by atoms with Crippen molar-refractivity contribution in [2.45, 2.75) is 38.5 Å². The van der Waals surface area contributed by atoms with Gasteiger partial charge in [0.1, 0.15) is 0 Å². The third kappa shape index (κ3) is 8.39. The van der Waals surface area contributed by atoms with Crippen molar-refractivity contribution in [3.63, 3.8) is 0 Å². The molecule has 0 bridgehead atoms. The van der Waals surface area contributed by atoms with Gasteiger partial charge in [0.05, 0.1) is 20.8 Å². The summed E-state index contributed by atoms with van der Waals surface area (Å²) >= 11 is 0. The topological polar surface area (TPSA) is 102 Å². The number of aromatic nitrogens is 1. The molecule has 0 unspecified atom stereocenters. The number of unbranched alkanes of at least 4 members (excludes halogenated alkanes) is 1. The van der Waals surface area contributed by atoms with Gasteiger partial charge in [0, 0.05) is 29.7 Å². The minimum Gasteiger partial charge on any atom is -0.493 e. The molecule has 0 atom stereocenters. The summed E-state index contributed by atoms with van der Waals surface area (Å²) in [5.74, 6) is 1.27. The summed E-state index contributed by atoms with van der Waals surface area (Å²) in [5, 5.41) is 4.31. The first-order valence-corrected chi connectivity index (χ1v) is 14.5. The summed E-state index contributed by atoms with van der Waals surface area (Å²) < 4.78 is 20.8. The molecule has 1 aliphatic rings. The number of carbonyl (C=O) groups is 2. The zero-order valence-electron chi connectivity index (χ0n) is 24.7. The van der Waals surface area contributed by atoms with E-state index in [1.807, 2.05) is 0 Å². The Morgan fingerprint density at radius 2 is 1.79 bits per heavy atom. The highest BCUT2D eigenvalue weighted by Gasteiger charge is 2.22. The summed E-state index contributed by atoms with van der Waals surface area (Å²) in [7, 11) is 2.94. The lowest BCUT2D eigenvalue weighted by molar-refractivity contribution is -0.116. The molecule has 2 aromatic carbocycles. The van der Waals surface area contributed by atoms with E-state index in [9.17, 15) is 9.59 Å². The van der Waals surface area contributed by atoms with Crippen LogP contribution in [0.25, 0.3) is 17.0 Å². The van der Waals surface area contributed by atoms with Crippen molar-refractivity contribution in [1.82, 2.24) is 15.2 Å². The SMILES string of the molecule is CCOC(=O)Oc1c(OC)cc(/C=C/C=C/C(=O)NCCCCN2CCC(c3c[nH]c4ccccc34)CC2)cc1OC. The molecule has 2 N–H and O–H groups in total. The van der Waals surface area contributed by atoms with E-state index in [2.05, 4.69) is 45.7 Å². The van der Waals surface area contributed by atoms with Crippen molar-refractivity contribution in [1.29, 1.82) is 0 Å². The predicted molar refractivity (Wildman–Crippen MR) is 164 cm³/mol. The molecule has 1 aromatic heterocycles. The number of piperidine rings is 1. The second-order valence-corrected chi connectivity index (χ2v) is 10.2. The standard InChI is InChI=1S/C33H41N3O6/c1-4-41-33(38)42-32-29(39-2)21-24(22-30(32)40-3)11-5-8-14-31(37)34-17-9-10-18-36-19-15-25(16-20-36)27-23-35-28-13-7-6-12-26(27)28/h5-8,11-14,21-23,25,35H,4,9-10,15-20H2,1-3H3,(H,34,37)/b11-5+,14-8+. The monoisotopic (exact) mass is 575 g/mol. The number of hydrogen-bond donors (Lipinski definition) is 2. The zero-order chi connectivity index (χ0) is 29.7. The Hall–Kier alpha value is -4.24. The van der Waals surface area contributed by atoms with E-state index in [4.69, 9.17) is 18.9 Å². The Morgan fingerprint density at radius 1 is 1.05 bits per heavy atom. The molecule has 4 rings (SSSR count). The van der Waals surface area contributed by atoms with E-state index in [0.717, 1.165) is 38.0 Å². The number of carbonyl (C=O) groups excluding carboxylic acids is 2. The van der Waals surface area contributed by atoms with Gasteiger partial charge < -0.3 is 34.1 Å². The molecule has 0 radical (unpaired) electrons. The van der Waals surface area contributed by atoms with E-state index < -0.39 is 6.16 Å². The van der Waals surface area contributed by atoms with Crippen LogP contribution < -0.4 is 19.5 Å². The maximum atomic E-state index is 12.2. The smallest absolute Gasteiger partial charge is 0.493 e. The number of amides is 1. The third-order valence-electron chi connectivity index (χ3n) is 7.43. The van der Waals surface area contributed by atoms with E-state index in [1.165, 1.54) is 49.6 Å². The van der Waals surface area contributed by atoms with Gasteiger partial charge >= 0.3 is 6.16 Å². The molecule has 2 heterocycles. The Morgan fingerprint density at radius 3 is 2.50 bits per heavy atom. The van der Waals surface area contributed by atoms with Crippen molar-refractivity contribution in [2.24, 2.45) is 0 Å². The molecule has 3 aromatic rings. The van der Waals surface area contributed by atoms with Gasteiger partial charge in [0.25, 0.3) is 0 Å². The predicted octanol–water partition coefficient (Wildman–Crippen LogP) is 6.07. The molecule has 224 valence electrons. The van der Waals surface area contributed by atoms with E-state index >= 15 is 0 Å². The van der Waals surface area contributed by atoms with Crippen molar-refractivity contribution < 1.29 is 28.5 Å². The van der Waals surface area contributed by atoms with Crippen molar-refractivity contribution >= 4 is 29.0 Å². The molecule has 0 aliphatic carbocycles. The van der Waals surface area contributed by atoms with E-state index in [-0.39, 0.29) is 18.3 Å². The van der Waals surface area contributed by atoms with E-state index in [1.54, 1.807) is 37.3 Å². The Kier molecular flexibility index (Phi) is 11.5. The first-order valence-electron chi connectivity index (χ1n) is 14.5. The Bertz CT molecular complexity index is 1360. The summed E-state index contributed by atoms with van der Waals surface area (Å²) in [6.45, 7) is 5.82. The molecule has 1 saturated heterocycles. The second kappa shape index (κ2) is 15.7. The largest absolute Gasteiger partial charge is 0.514 e. The highest BCUT2D eigenvalue weighted by molar-refractivity contribution is 5.88. The molecular weight excluding hydrogens is 534 g/mol. The first kappa shape index (κ1) is 30.7. The van der Waals surface area contributed by atoms with Crippen LogP contribution in [0.3, 0.4) is 0 Å². The lowest BCUT2D eigenvalue weighted by Gasteiger charge is -2.32. The van der Waals surface area contributed by atoms with Crippen molar-refractivity contribution in [3.8, 4) is 17.2 Å². The molecule has 1 fully saturated rings. The van der Waals surface area contributed by atoms with Gasteiger partial charge in [0.15, 0.2) is 11.5 Å². The number of aromatic amines is 1. The number of likely N-dealkylation sites (tertiary alicyclic amines) is 1. The maximum absolute atomic E-state index is 12.2. The van der Waals surface area contributed by atoms with Gasteiger partial charge in [-0.05, 0) is 87.5 Å². The fraction of sp³-hybridized carbons (Fsp3) is 0.394. The van der Waals surface area contributed by atoms with Crippen molar-refractivity contribution in [2.75, 3.05) is 47.0 Å². The normalized spacial score (nSPS) is 14.5. The van der Waals surface area contributed by atoms with Gasteiger partial charge in [-0.2, -0.15) is 0 Å². The fourth-order valence-electron chi connectivity index (χ4n) is 5.27. The number of ether oxygens (including phenoxy) is 4. The van der Waals surface area contributed by atoms with Crippen LogP contribution in [0.1, 0.15) is 49.7 Å². The lowest BCUT2D eigenvalue weighted by atomic mass is 9.89. The number of methoxy groups -OCH3 is 2. The summed E-state index contributed by atoms with van der Waals surface area (Å²) in [5.41, 5.74) is 3.42. The van der Waals surface area contributed by atoms with Gasteiger partial charge in [-0.25, -0.2) is 4.79 Å². The van der Waals surface area contributed by atoms with Crippen LogP contribution in [0.4, 0.5) is 4.79 Å². The highest BCUT2D eigenvalue weighted by Crippen LogP contribution is 2.39. The van der Waals surface area contributed by atoms with Gasteiger partial charge in [-0.3, -0.25) is 4.79 Å². The second-order valence-electron chi connectivity index (χ2n) is 10.2. The molecule has 0 saturated carbocycles. The minimum absolute atomic E-state index is 0.132. The van der Waals surface area contributed by atoms with E-state index in [0.29, 0.717) is 24.0 Å². The number of benzene rings is 2. The number of allylic oxidation sites excluding steroid dienone is 2. The number of para-hydroxylation sites is 1. The number of nitrogens with one attached hydrogen (secondary N) is 2. The summed E-state index contributed by atoms with van der Waals surface area (Å²) in [4.78, 5) is 29.9. The number of fused-ring (bicyclic) bond motifs is 1. The zero-order valence-corrected chi connectivity index (χ0v) is 24.7. The third-order valence-corrected chi connectivity index (χ3v) is 7.43. The van der Waals surface area contributed by atoms with Crippen molar-refractivity contribution in [3.05, 3.63) is 72.0 Å². The number of nitrogens with zero attached hydrogens (tertiary/aromatic N) is 1. The Labute approximate surface area is 247 Å². The fourth-order valence-corrected chi connectivity index (χ4v) is 5.27. The molecule has 1 amide bonds. The number of H-pyrrole nitrogens is 1. The summed E-state index contributed by atoms with van der Waals surface area (Å²) in [6.07, 6.45) is 12.4. The summed E-state index contributed by atoms with van der Waals surface area (Å²) in [6, 6.07) is 11.9. The van der Waals surface area contributed by atoms with Crippen LogP contribution >= 0.6 is 0 Å². The number of rotatable bonds is 13. The number of hydrogen-bond acceptors (Lipinski definition) is 7. The van der Waals surface area contributed by atoms with Crippen LogP contribution in [0.5, 0.6) is 17.2 Å². The molecule has 9 nitrogen and oxygen atoms in total. The quantitative estimate of drug-likeness (QED) is 0.0839. The minimum atomic E-state index is -0.840. The average molecular weight is 576 g/mol. The van der Waals surface area contributed by atoms with Crippen LogP contribution in [0.15, 0.2) is 60.8 Å². The molecule has 0 spiro atoms. The van der Waals surface area contributed by atoms with Crippen LogP contribution in [0.2, 0.25) is 0 Å². The first-order chi connectivity index (χ1) is 20.5. The van der Waals surface area contributed by atoms with Gasteiger partial charge in [0.2, 0.25) is 11.7 Å². The van der Waals surface area contributed by atoms with Crippen LogP contribution in [0, 0.1) is 0 Å². The lowest BCUT2D eigenvalue weighted by Crippen LogP contribution is -2.34. The van der Waals surface area contributed by atoms with Gasteiger partial charge in [-0.1, -0.05) is 36.4 Å². The van der Waals surface area contributed by atoms with Crippen LogP contribution in [-0.4, -0.2) is 69.0 Å². The van der Waals surface area contributed by atoms with Crippen LogP contribution in [-0.2, 0) is 9.53 Å². The Balaban J connectivity index is 1.14. The molecule has 1 aliphatic heterocycles.